The second-order valence-corrected chi connectivity index (χ2v) is 6.16. The van der Waals surface area contributed by atoms with E-state index in [4.69, 9.17) is 62.7 Å². The highest BCUT2D eigenvalue weighted by Crippen LogP contribution is 2.28. The minimum atomic E-state index is -1.68. The van der Waals surface area contributed by atoms with E-state index in [1.807, 2.05) is 0 Å². The van der Waals surface area contributed by atoms with Crippen molar-refractivity contribution in [2.75, 3.05) is 6.61 Å². The van der Waals surface area contributed by atoms with Crippen LogP contribution in [-0.4, -0.2) is 16.6 Å². The molecular formula is C9H5Cl5O3. The molecule has 0 N–H and O–H groups in total. The zero-order chi connectivity index (χ0) is 13.1. The molecule has 94 valence electrons. The summed E-state index contributed by atoms with van der Waals surface area (Å²) in [5, 5.41) is 0.590. The SMILES string of the molecule is O=C(OCC(Cl)(Cl)Cl)Oc1ccc(Cl)c(Cl)c1. The molecule has 0 unspecified atom stereocenters. The van der Waals surface area contributed by atoms with Crippen molar-refractivity contribution < 1.29 is 14.3 Å². The highest BCUT2D eigenvalue weighted by molar-refractivity contribution is 6.67. The molecule has 0 radical (unpaired) electrons. The number of rotatable bonds is 2. The lowest BCUT2D eigenvalue weighted by Gasteiger charge is -2.11. The highest BCUT2D eigenvalue weighted by atomic mass is 35.6. The number of halogens is 5. The molecule has 0 spiro atoms. The fraction of sp³-hybridized carbons (Fsp3) is 0.222. The van der Waals surface area contributed by atoms with Crippen LogP contribution in [0.3, 0.4) is 0 Å². The van der Waals surface area contributed by atoms with Gasteiger partial charge in [0.25, 0.3) is 0 Å². The third-order valence-electron chi connectivity index (χ3n) is 1.45. The van der Waals surface area contributed by atoms with Gasteiger partial charge in [0.1, 0.15) is 12.4 Å². The van der Waals surface area contributed by atoms with Gasteiger partial charge in [0.2, 0.25) is 3.79 Å². The van der Waals surface area contributed by atoms with Crippen LogP contribution in [0.5, 0.6) is 5.75 Å². The van der Waals surface area contributed by atoms with Gasteiger partial charge in [-0.05, 0) is 12.1 Å². The Morgan fingerprint density at radius 2 is 1.82 bits per heavy atom. The maximum Gasteiger partial charge on any atom is 0.513 e. The van der Waals surface area contributed by atoms with E-state index in [-0.39, 0.29) is 10.8 Å². The monoisotopic (exact) mass is 336 g/mol. The Morgan fingerprint density at radius 3 is 2.35 bits per heavy atom. The Morgan fingerprint density at radius 1 is 1.18 bits per heavy atom. The lowest BCUT2D eigenvalue weighted by Crippen LogP contribution is -2.19. The quantitative estimate of drug-likeness (QED) is 0.438. The largest absolute Gasteiger partial charge is 0.513 e. The standard InChI is InChI=1S/C9H5Cl5O3/c10-6-2-1-5(3-7(6)11)17-8(15)16-4-9(12,13)14/h1-3H,4H2. The zero-order valence-corrected chi connectivity index (χ0v) is 11.8. The Labute approximate surface area is 122 Å². The maximum atomic E-state index is 11.2. The molecule has 0 aliphatic rings. The topological polar surface area (TPSA) is 35.5 Å². The Kier molecular flexibility index (Phi) is 5.48. The molecule has 17 heavy (non-hydrogen) atoms. The lowest BCUT2D eigenvalue weighted by molar-refractivity contribution is 0.101. The van der Waals surface area contributed by atoms with Crippen molar-refractivity contribution in [3.8, 4) is 5.75 Å². The highest BCUT2D eigenvalue weighted by Gasteiger charge is 2.22. The average molecular weight is 338 g/mol. The van der Waals surface area contributed by atoms with Crippen LogP contribution in [0, 0.1) is 0 Å². The van der Waals surface area contributed by atoms with Crippen LogP contribution in [0.2, 0.25) is 10.0 Å². The molecule has 1 aromatic carbocycles. The smallest absolute Gasteiger partial charge is 0.429 e. The predicted octanol–water partition coefficient (Wildman–Crippen LogP) is 4.88. The van der Waals surface area contributed by atoms with E-state index in [0.29, 0.717) is 5.02 Å². The van der Waals surface area contributed by atoms with Crippen molar-refractivity contribution in [3.63, 3.8) is 0 Å². The van der Waals surface area contributed by atoms with Crippen LogP contribution >= 0.6 is 58.0 Å². The molecule has 0 saturated heterocycles. The zero-order valence-electron chi connectivity index (χ0n) is 8.05. The first-order valence-corrected chi connectivity index (χ1v) is 6.03. The van der Waals surface area contributed by atoms with E-state index in [2.05, 4.69) is 4.74 Å². The summed E-state index contributed by atoms with van der Waals surface area (Å²) < 4.78 is 7.63. The third kappa shape index (κ3) is 5.89. The predicted molar refractivity (Wildman–Crippen MR) is 68.7 cm³/mol. The molecule has 0 atom stereocenters. The summed E-state index contributed by atoms with van der Waals surface area (Å²) in [7, 11) is 0. The van der Waals surface area contributed by atoms with Gasteiger partial charge < -0.3 is 9.47 Å². The van der Waals surface area contributed by atoms with Gasteiger partial charge in [-0.2, -0.15) is 0 Å². The molecule has 8 heteroatoms. The number of hydrogen-bond donors (Lipinski definition) is 0. The minimum absolute atomic E-state index is 0.175. The number of hydrogen-bond acceptors (Lipinski definition) is 3. The first kappa shape index (κ1) is 15.0. The van der Waals surface area contributed by atoms with Gasteiger partial charge in [0, 0.05) is 6.07 Å². The molecule has 0 amide bonds. The molecule has 0 saturated carbocycles. The first-order chi connectivity index (χ1) is 7.78. The van der Waals surface area contributed by atoms with Gasteiger partial charge in [-0.15, -0.1) is 0 Å². The van der Waals surface area contributed by atoms with Crippen molar-refractivity contribution >= 4 is 64.2 Å². The summed E-state index contributed by atoms with van der Waals surface area (Å²) in [4.78, 5) is 11.2. The fourth-order valence-corrected chi connectivity index (χ4v) is 1.26. The molecule has 0 heterocycles. The van der Waals surface area contributed by atoms with Gasteiger partial charge in [0.15, 0.2) is 0 Å². The second-order valence-electron chi connectivity index (χ2n) is 2.83. The summed E-state index contributed by atoms with van der Waals surface area (Å²) in [6.07, 6.45) is -1.00. The first-order valence-electron chi connectivity index (χ1n) is 4.14. The molecule has 1 aromatic rings. The van der Waals surface area contributed by atoms with E-state index in [1.54, 1.807) is 0 Å². The summed E-state index contributed by atoms with van der Waals surface area (Å²) in [5.41, 5.74) is 0. The van der Waals surface area contributed by atoms with Crippen LogP contribution in [0.15, 0.2) is 18.2 Å². The van der Waals surface area contributed by atoms with Gasteiger partial charge >= 0.3 is 6.16 Å². The molecule has 0 fully saturated rings. The average Bonchev–Trinajstić information content (AvgIpc) is 2.20. The van der Waals surface area contributed by atoms with Gasteiger partial charge in [0.05, 0.1) is 10.0 Å². The van der Waals surface area contributed by atoms with Crippen molar-refractivity contribution in [3.05, 3.63) is 28.2 Å². The summed E-state index contributed by atoms with van der Waals surface area (Å²) >= 11 is 27.6. The van der Waals surface area contributed by atoms with Crippen molar-refractivity contribution in [2.24, 2.45) is 0 Å². The van der Waals surface area contributed by atoms with Crippen molar-refractivity contribution in [2.45, 2.75) is 3.79 Å². The van der Waals surface area contributed by atoms with Gasteiger partial charge in [-0.1, -0.05) is 58.0 Å². The van der Waals surface area contributed by atoms with Crippen molar-refractivity contribution in [1.29, 1.82) is 0 Å². The summed E-state index contributed by atoms with van der Waals surface area (Å²) in [6, 6.07) is 4.28. The number of alkyl halides is 3. The van der Waals surface area contributed by atoms with Crippen LogP contribution in [0.25, 0.3) is 0 Å². The van der Waals surface area contributed by atoms with Crippen LogP contribution in [-0.2, 0) is 4.74 Å². The second kappa shape index (κ2) is 6.21. The van der Waals surface area contributed by atoms with E-state index in [9.17, 15) is 4.79 Å². The molecular weight excluding hydrogens is 333 g/mol. The van der Waals surface area contributed by atoms with Crippen LogP contribution < -0.4 is 4.74 Å². The van der Waals surface area contributed by atoms with Gasteiger partial charge in [-0.3, -0.25) is 0 Å². The molecule has 3 nitrogen and oxygen atoms in total. The van der Waals surface area contributed by atoms with E-state index < -0.39 is 16.6 Å². The number of carbonyl (C=O) groups is 1. The Balaban J connectivity index is 2.54. The molecule has 0 bridgehead atoms. The summed E-state index contributed by atoms with van der Waals surface area (Å²) in [5.74, 6) is 0.175. The normalized spacial score (nSPS) is 11.1. The lowest BCUT2D eigenvalue weighted by atomic mass is 10.3. The Bertz CT molecular complexity index is 416. The number of carbonyl (C=O) groups excluding carboxylic acids is 1. The summed E-state index contributed by atoms with van der Waals surface area (Å²) in [6.45, 7) is -0.419. The minimum Gasteiger partial charge on any atom is -0.429 e. The van der Waals surface area contributed by atoms with E-state index in [0.717, 1.165) is 0 Å². The van der Waals surface area contributed by atoms with Gasteiger partial charge in [-0.25, -0.2) is 4.79 Å². The number of ether oxygens (including phenoxy) is 2. The molecule has 0 aliphatic carbocycles. The maximum absolute atomic E-state index is 11.2. The van der Waals surface area contributed by atoms with Crippen LogP contribution in [0.4, 0.5) is 4.79 Å². The third-order valence-corrected chi connectivity index (χ3v) is 2.51. The molecule has 0 aliphatic heterocycles. The van der Waals surface area contributed by atoms with Crippen molar-refractivity contribution in [1.82, 2.24) is 0 Å². The number of benzene rings is 1. The fourth-order valence-electron chi connectivity index (χ4n) is 0.807. The molecule has 1 rings (SSSR count). The Hall–Kier alpha value is -0.0600. The molecule has 0 aromatic heterocycles. The van der Waals surface area contributed by atoms with E-state index in [1.165, 1.54) is 18.2 Å². The van der Waals surface area contributed by atoms with Crippen LogP contribution in [0.1, 0.15) is 0 Å². The van der Waals surface area contributed by atoms with E-state index >= 15 is 0 Å².